The van der Waals surface area contributed by atoms with E-state index in [4.69, 9.17) is 8.94 Å². The lowest BCUT2D eigenvalue weighted by atomic mass is 10.2. The van der Waals surface area contributed by atoms with Crippen LogP contribution < -0.4 is 5.32 Å². The second-order valence-corrected chi connectivity index (χ2v) is 5.59. The summed E-state index contributed by atoms with van der Waals surface area (Å²) in [5.41, 5.74) is 0.921. The normalized spacial score (nSPS) is 13.9. The Morgan fingerprint density at radius 1 is 1.04 bits per heavy atom. The summed E-state index contributed by atoms with van der Waals surface area (Å²) in [4.78, 5) is 4.48. The molecule has 120 valence electrons. The van der Waals surface area contributed by atoms with E-state index >= 15 is 0 Å². The number of rotatable bonds is 6. The van der Waals surface area contributed by atoms with Gasteiger partial charge in [-0.15, -0.1) is 0 Å². The van der Waals surface area contributed by atoms with E-state index in [1.807, 2.05) is 49.4 Å². The van der Waals surface area contributed by atoms with Gasteiger partial charge >= 0.3 is 0 Å². The number of benzene rings is 1. The molecule has 0 bridgehead atoms. The van der Waals surface area contributed by atoms with E-state index in [0.717, 1.165) is 23.5 Å². The fourth-order valence-electron chi connectivity index (χ4n) is 2.46. The van der Waals surface area contributed by atoms with Crippen LogP contribution in [-0.4, -0.2) is 10.1 Å². The first kappa shape index (κ1) is 15.5. The zero-order valence-electron chi connectivity index (χ0n) is 13.6. The molecule has 0 fully saturated rings. The smallest absolute Gasteiger partial charge is 0.257 e. The summed E-state index contributed by atoms with van der Waals surface area (Å²) in [5, 5.41) is 7.52. The third-order valence-electron chi connectivity index (χ3n) is 3.81. The average molecular weight is 311 g/mol. The third kappa shape index (κ3) is 3.51. The number of nitrogens with zero attached hydrogens (tertiary/aromatic N) is 2. The molecule has 0 saturated carbocycles. The minimum Gasteiger partial charge on any atom is -0.464 e. The molecule has 5 nitrogen and oxygen atoms in total. The summed E-state index contributed by atoms with van der Waals surface area (Å²) in [6, 6.07) is 13.8. The van der Waals surface area contributed by atoms with Gasteiger partial charge in [-0.3, -0.25) is 5.32 Å². The molecule has 1 aromatic carbocycles. The summed E-state index contributed by atoms with van der Waals surface area (Å²) in [7, 11) is 0. The Hall–Kier alpha value is -2.40. The Balaban J connectivity index is 1.68. The van der Waals surface area contributed by atoms with Gasteiger partial charge in [0.1, 0.15) is 11.5 Å². The molecule has 3 rings (SSSR count). The van der Waals surface area contributed by atoms with Crippen molar-refractivity contribution in [1.29, 1.82) is 0 Å². The summed E-state index contributed by atoms with van der Waals surface area (Å²) >= 11 is 0. The van der Waals surface area contributed by atoms with Gasteiger partial charge in [0, 0.05) is 12.0 Å². The maximum absolute atomic E-state index is 5.78. The van der Waals surface area contributed by atoms with Crippen molar-refractivity contribution in [2.45, 2.75) is 39.3 Å². The van der Waals surface area contributed by atoms with Crippen LogP contribution in [0.3, 0.4) is 0 Å². The van der Waals surface area contributed by atoms with Gasteiger partial charge < -0.3 is 8.94 Å². The first-order valence-corrected chi connectivity index (χ1v) is 7.91. The molecule has 5 heteroatoms. The molecule has 2 aromatic heterocycles. The van der Waals surface area contributed by atoms with E-state index in [2.05, 4.69) is 29.3 Å². The number of nitrogens with one attached hydrogen (secondary N) is 1. The summed E-state index contributed by atoms with van der Waals surface area (Å²) < 4.78 is 11.1. The lowest BCUT2D eigenvalue weighted by Crippen LogP contribution is -2.23. The van der Waals surface area contributed by atoms with Crippen LogP contribution >= 0.6 is 0 Å². The van der Waals surface area contributed by atoms with Crippen LogP contribution in [-0.2, 0) is 6.42 Å². The quantitative estimate of drug-likeness (QED) is 0.735. The number of hydrogen-bond donors (Lipinski definition) is 1. The van der Waals surface area contributed by atoms with Gasteiger partial charge in [-0.2, -0.15) is 4.98 Å². The van der Waals surface area contributed by atoms with Crippen molar-refractivity contribution < 1.29 is 8.94 Å². The molecule has 23 heavy (non-hydrogen) atoms. The van der Waals surface area contributed by atoms with Crippen molar-refractivity contribution in [2.24, 2.45) is 0 Å². The highest BCUT2D eigenvalue weighted by atomic mass is 16.5. The number of aromatic nitrogens is 2. The summed E-state index contributed by atoms with van der Waals surface area (Å²) in [5.74, 6) is 3.08. The first-order chi connectivity index (χ1) is 11.2. The van der Waals surface area contributed by atoms with E-state index in [1.54, 1.807) is 0 Å². The van der Waals surface area contributed by atoms with Gasteiger partial charge in [-0.1, -0.05) is 30.3 Å². The van der Waals surface area contributed by atoms with Gasteiger partial charge in [-0.05, 0) is 38.1 Å². The molecule has 0 saturated heterocycles. The molecule has 2 heterocycles. The van der Waals surface area contributed by atoms with E-state index < -0.39 is 0 Å². The fourth-order valence-corrected chi connectivity index (χ4v) is 2.46. The van der Waals surface area contributed by atoms with Crippen LogP contribution in [0, 0.1) is 0 Å². The predicted molar refractivity (Wildman–Crippen MR) is 87.8 cm³/mol. The molecular formula is C18H21N3O2. The molecule has 0 radical (unpaired) electrons. The van der Waals surface area contributed by atoms with Gasteiger partial charge in [-0.25, -0.2) is 0 Å². The number of aryl methyl sites for hydroxylation is 1. The topological polar surface area (TPSA) is 64.1 Å². The van der Waals surface area contributed by atoms with Gasteiger partial charge in [0.05, 0.1) is 12.1 Å². The average Bonchev–Trinajstić information content (AvgIpc) is 3.25. The maximum atomic E-state index is 5.78. The number of hydrogen-bond acceptors (Lipinski definition) is 5. The van der Waals surface area contributed by atoms with Gasteiger partial charge in [0.2, 0.25) is 0 Å². The predicted octanol–water partition coefficient (Wildman–Crippen LogP) is 4.30. The Morgan fingerprint density at radius 2 is 1.83 bits per heavy atom. The monoisotopic (exact) mass is 311 g/mol. The van der Waals surface area contributed by atoms with Crippen LogP contribution in [0.2, 0.25) is 0 Å². The number of furan rings is 1. The van der Waals surface area contributed by atoms with Crippen LogP contribution in [0.15, 0.2) is 51.4 Å². The van der Waals surface area contributed by atoms with Crippen molar-refractivity contribution in [3.63, 3.8) is 0 Å². The highest BCUT2D eigenvalue weighted by Crippen LogP contribution is 2.22. The maximum Gasteiger partial charge on any atom is 0.257 e. The molecule has 0 spiro atoms. The Labute approximate surface area is 135 Å². The zero-order valence-corrected chi connectivity index (χ0v) is 13.6. The second-order valence-electron chi connectivity index (χ2n) is 5.59. The molecule has 1 N–H and O–H groups in total. The van der Waals surface area contributed by atoms with Crippen molar-refractivity contribution in [2.75, 3.05) is 0 Å². The van der Waals surface area contributed by atoms with E-state index in [0.29, 0.717) is 11.7 Å². The first-order valence-electron chi connectivity index (χ1n) is 7.91. The molecule has 2 atom stereocenters. The molecule has 0 aliphatic heterocycles. The molecule has 3 aromatic rings. The van der Waals surface area contributed by atoms with Crippen LogP contribution in [0.25, 0.3) is 11.5 Å². The van der Waals surface area contributed by atoms with Gasteiger partial charge in [0.25, 0.3) is 5.89 Å². The van der Waals surface area contributed by atoms with Crippen LogP contribution in [0.1, 0.15) is 50.2 Å². The van der Waals surface area contributed by atoms with Crippen molar-refractivity contribution >= 4 is 0 Å². The molecule has 0 aliphatic rings. The Bertz CT molecular complexity index is 748. The Morgan fingerprint density at radius 3 is 2.52 bits per heavy atom. The largest absolute Gasteiger partial charge is 0.464 e. The summed E-state index contributed by atoms with van der Waals surface area (Å²) in [6.07, 6.45) is 0.896. The van der Waals surface area contributed by atoms with E-state index in [-0.39, 0.29) is 12.1 Å². The molecular weight excluding hydrogens is 290 g/mol. The van der Waals surface area contributed by atoms with Crippen molar-refractivity contribution in [3.8, 4) is 11.5 Å². The van der Waals surface area contributed by atoms with Crippen LogP contribution in [0.5, 0.6) is 0 Å². The minimum atomic E-state index is -0.0404. The van der Waals surface area contributed by atoms with E-state index in [9.17, 15) is 0 Å². The minimum absolute atomic E-state index is 0.0404. The fraction of sp³-hybridized carbons (Fsp3) is 0.333. The van der Waals surface area contributed by atoms with Crippen molar-refractivity contribution in [1.82, 2.24) is 15.5 Å². The highest BCUT2D eigenvalue weighted by Gasteiger charge is 2.19. The molecule has 0 amide bonds. The van der Waals surface area contributed by atoms with E-state index in [1.165, 1.54) is 0 Å². The third-order valence-corrected chi connectivity index (χ3v) is 3.81. The molecule has 0 aliphatic carbocycles. The molecule has 0 unspecified atom stereocenters. The second kappa shape index (κ2) is 6.79. The van der Waals surface area contributed by atoms with Crippen LogP contribution in [0.4, 0.5) is 0 Å². The highest BCUT2D eigenvalue weighted by molar-refractivity contribution is 5.52. The van der Waals surface area contributed by atoms with Gasteiger partial charge in [0.15, 0.2) is 5.82 Å². The SMILES string of the molecule is CCc1ccc([C@@H](C)N[C@H](C)c2noc(-c3ccccc3)n2)o1. The van der Waals surface area contributed by atoms with Crippen molar-refractivity contribution in [3.05, 3.63) is 59.8 Å². The lowest BCUT2D eigenvalue weighted by Gasteiger charge is -2.15. The summed E-state index contributed by atoms with van der Waals surface area (Å²) in [6.45, 7) is 6.15. The Kier molecular flexibility index (Phi) is 4.57. The lowest BCUT2D eigenvalue weighted by molar-refractivity contribution is 0.368. The standard InChI is InChI=1S/C18H21N3O2/c1-4-15-10-11-16(22-15)12(2)19-13(3)17-20-18(23-21-17)14-8-6-5-7-9-14/h5-13,19H,4H2,1-3H3/t12-,13-/m1/s1. The zero-order chi connectivity index (χ0) is 16.2.